The van der Waals surface area contributed by atoms with Gasteiger partial charge in [-0.3, -0.25) is 5.10 Å². The predicted molar refractivity (Wildman–Crippen MR) is 117 cm³/mol. The van der Waals surface area contributed by atoms with Gasteiger partial charge in [0.05, 0.1) is 12.7 Å². The molecule has 0 amide bonds. The Morgan fingerprint density at radius 2 is 2.10 bits per heavy atom. The van der Waals surface area contributed by atoms with E-state index >= 15 is 0 Å². The highest BCUT2D eigenvalue weighted by Crippen LogP contribution is 2.33. The zero-order valence-corrected chi connectivity index (χ0v) is 17.5. The van der Waals surface area contributed by atoms with Gasteiger partial charge in [-0.1, -0.05) is 42.5 Å². The summed E-state index contributed by atoms with van der Waals surface area (Å²) in [5.74, 6) is 0.423. The predicted octanol–water partition coefficient (Wildman–Crippen LogP) is 4.92. The number of halogens is 1. The molecular formula is C21H18ClN3O4S. The van der Waals surface area contributed by atoms with Gasteiger partial charge in [0.2, 0.25) is 5.16 Å². The first-order chi connectivity index (χ1) is 14.5. The summed E-state index contributed by atoms with van der Waals surface area (Å²) in [4.78, 5) is 16.2. The first kappa shape index (κ1) is 21.5. The van der Waals surface area contributed by atoms with Gasteiger partial charge < -0.3 is 14.6 Å². The Bertz CT molecular complexity index is 1100. The van der Waals surface area contributed by atoms with Gasteiger partial charge in [0.15, 0.2) is 5.82 Å². The van der Waals surface area contributed by atoms with Crippen LogP contribution in [0, 0.1) is 0 Å². The van der Waals surface area contributed by atoms with Gasteiger partial charge in [0.25, 0.3) is 0 Å². The fraction of sp³-hybridized carbons (Fsp3) is 0.0952. The fourth-order valence-corrected chi connectivity index (χ4v) is 3.40. The van der Waals surface area contributed by atoms with E-state index in [1.807, 2.05) is 6.07 Å². The van der Waals surface area contributed by atoms with Crippen LogP contribution < -0.4 is 9.47 Å². The van der Waals surface area contributed by atoms with E-state index in [2.05, 4.69) is 21.8 Å². The van der Waals surface area contributed by atoms with E-state index < -0.39 is 5.97 Å². The minimum atomic E-state index is -1.11. The molecule has 30 heavy (non-hydrogen) atoms. The van der Waals surface area contributed by atoms with Gasteiger partial charge in [-0.2, -0.15) is 0 Å². The number of H-pyrrole nitrogens is 1. The molecule has 0 aliphatic carbocycles. The highest BCUT2D eigenvalue weighted by atomic mass is 35.5. The number of ether oxygens (including phenoxy) is 2. The van der Waals surface area contributed by atoms with E-state index in [0.29, 0.717) is 40.1 Å². The van der Waals surface area contributed by atoms with Crippen molar-refractivity contribution in [2.45, 2.75) is 5.16 Å². The SMILES string of the molecule is C=CCOc1ccccc1/C=C(\Sc1n[nH]c(-c2cc(Cl)ccc2OC)n1)C(=O)O. The van der Waals surface area contributed by atoms with Crippen LogP contribution in [0.1, 0.15) is 5.56 Å². The van der Waals surface area contributed by atoms with Crippen LogP contribution in [0.2, 0.25) is 5.02 Å². The second kappa shape index (κ2) is 10.00. The number of carboxylic acids is 1. The van der Waals surface area contributed by atoms with Gasteiger partial charge in [-0.15, -0.1) is 5.10 Å². The molecule has 0 spiro atoms. The molecule has 0 atom stereocenters. The molecule has 0 aliphatic rings. The number of aromatic amines is 1. The molecule has 0 saturated heterocycles. The standard InChI is InChI=1S/C21H18ClN3O4S/c1-3-10-29-16-7-5-4-6-13(16)11-18(20(26)27)30-21-23-19(24-25-21)15-12-14(22)8-9-17(15)28-2/h3-9,11-12H,1,10H2,2H3,(H,26,27)(H,23,24,25)/b18-11-. The average molecular weight is 444 g/mol. The number of aliphatic carboxylic acids is 1. The summed E-state index contributed by atoms with van der Waals surface area (Å²) < 4.78 is 10.9. The van der Waals surface area contributed by atoms with Crippen LogP contribution in [-0.4, -0.2) is 40.0 Å². The number of methoxy groups -OCH3 is 1. The molecule has 0 aliphatic heterocycles. The fourth-order valence-electron chi connectivity index (χ4n) is 2.53. The van der Waals surface area contributed by atoms with E-state index in [9.17, 15) is 9.90 Å². The van der Waals surface area contributed by atoms with Crippen molar-refractivity contribution in [1.82, 2.24) is 15.2 Å². The molecule has 0 radical (unpaired) electrons. The van der Waals surface area contributed by atoms with Crippen LogP contribution in [0.5, 0.6) is 11.5 Å². The normalized spacial score (nSPS) is 11.2. The third-order valence-corrected chi connectivity index (χ3v) is 4.97. The van der Waals surface area contributed by atoms with Gasteiger partial charge in [0, 0.05) is 10.6 Å². The maximum absolute atomic E-state index is 11.8. The highest BCUT2D eigenvalue weighted by molar-refractivity contribution is 8.04. The number of hydrogen-bond acceptors (Lipinski definition) is 6. The minimum absolute atomic E-state index is 0.0354. The number of para-hydroxylation sites is 1. The maximum Gasteiger partial charge on any atom is 0.342 e. The van der Waals surface area contributed by atoms with Gasteiger partial charge in [0.1, 0.15) is 23.0 Å². The van der Waals surface area contributed by atoms with E-state index in [1.54, 1.807) is 42.5 Å². The van der Waals surface area contributed by atoms with Gasteiger partial charge >= 0.3 is 5.97 Å². The number of thioether (sulfide) groups is 1. The molecule has 0 saturated carbocycles. The van der Waals surface area contributed by atoms with Crippen LogP contribution in [-0.2, 0) is 4.79 Å². The van der Waals surface area contributed by atoms with Crippen LogP contribution in [0.3, 0.4) is 0 Å². The minimum Gasteiger partial charge on any atom is -0.496 e. The van der Waals surface area contributed by atoms with Gasteiger partial charge in [-0.05, 0) is 42.1 Å². The molecule has 9 heteroatoms. The second-order valence-electron chi connectivity index (χ2n) is 5.86. The summed E-state index contributed by atoms with van der Waals surface area (Å²) >= 11 is 6.99. The Kier molecular flexibility index (Phi) is 7.16. The van der Waals surface area contributed by atoms with Crippen molar-refractivity contribution < 1.29 is 19.4 Å². The van der Waals surface area contributed by atoms with Crippen molar-refractivity contribution in [2.24, 2.45) is 0 Å². The van der Waals surface area contributed by atoms with Crippen molar-refractivity contribution in [1.29, 1.82) is 0 Å². The van der Waals surface area contributed by atoms with Crippen LogP contribution in [0.4, 0.5) is 0 Å². The van der Waals surface area contributed by atoms with Crippen molar-refractivity contribution in [3.63, 3.8) is 0 Å². The summed E-state index contributed by atoms with van der Waals surface area (Å²) in [5, 5.41) is 17.3. The number of benzene rings is 2. The second-order valence-corrected chi connectivity index (χ2v) is 7.31. The number of aromatic nitrogens is 3. The van der Waals surface area contributed by atoms with Crippen molar-refractivity contribution >= 4 is 35.4 Å². The molecule has 0 fully saturated rings. The molecule has 2 N–H and O–H groups in total. The Hall–Kier alpha value is -3.23. The van der Waals surface area contributed by atoms with E-state index in [0.717, 1.165) is 11.8 Å². The summed E-state index contributed by atoms with van der Waals surface area (Å²) in [5.41, 5.74) is 1.24. The zero-order chi connectivity index (χ0) is 21.5. The lowest BCUT2D eigenvalue weighted by molar-refractivity contribution is -0.131. The van der Waals surface area contributed by atoms with Crippen molar-refractivity contribution in [3.05, 3.63) is 70.6 Å². The monoisotopic (exact) mass is 443 g/mol. The van der Waals surface area contributed by atoms with Crippen LogP contribution in [0.25, 0.3) is 17.5 Å². The number of nitrogens with one attached hydrogen (secondary N) is 1. The molecule has 7 nitrogen and oxygen atoms in total. The highest BCUT2D eigenvalue weighted by Gasteiger charge is 2.17. The van der Waals surface area contributed by atoms with E-state index in [1.165, 1.54) is 13.2 Å². The lowest BCUT2D eigenvalue weighted by atomic mass is 10.2. The van der Waals surface area contributed by atoms with Crippen LogP contribution >= 0.6 is 23.4 Å². The molecular weight excluding hydrogens is 426 g/mol. The summed E-state index contributed by atoms with van der Waals surface area (Å²) in [6, 6.07) is 12.2. The Balaban J connectivity index is 1.89. The quantitative estimate of drug-likeness (QED) is 0.275. The van der Waals surface area contributed by atoms with E-state index in [-0.39, 0.29) is 10.1 Å². The topological polar surface area (TPSA) is 97.3 Å². The number of nitrogens with zero attached hydrogens (tertiary/aromatic N) is 2. The van der Waals surface area contributed by atoms with Crippen molar-refractivity contribution in [2.75, 3.05) is 13.7 Å². The molecule has 1 aromatic heterocycles. The molecule has 2 aromatic carbocycles. The Morgan fingerprint density at radius 3 is 2.83 bits per heavy atom. The first-order valence-electron chi connectivity index (χ1n) is 8.73. The lowest BCUT2D eigenvalue weighted by Crippen LogP contribution is -1.99. The molecule has 3 aromatic rings. The van der Waals surface area contributed by atoms with Gasteiger partial charge in [-0.25, -0.2) is 9.78 Å². The third kappa shape index (κ3) is 5.22. The number of carbonyl (C=O) groups is 1. The lowest BCUT2D eigenvalue weighted by Gasteiger charge is -2.07. The van der Waals surface area contributed by atoms with E-state index in [4.69, 9.17) is 21.1 Å². The van der Waals surface area contributed by atoms with Crippen LogP contribution in [0.15, 0.2) is 65.2 Å². The average Bonchev–Trinajstić information content (AvgIpc) is 3.21. The molecule has 0 bridgehead atoms. The summed E-state index contributed by atoms with van der Waals surface area (Å²) in [7, 11) is 1.54. The maximum atomic E-state index is 11.8. The number of carboxylic acid groups (broad SMARTS) is 1. The largest absolute Gasteiger partial charge is 0.496 e. The Labute approximate surface area is 182 Å². The number of rotatable bonds is 9. The first-order valence-corrected chi connectivity index (χ1v) is 9.93. The molecule has 1 heterocycles. The molecule has 3 rings (SSSR count). The Morgan fingerprint density at radius 1 is 1.30 bits per heavy atom. The number of hydrogen-bond donors (Lipinski definition) is 2. The van der Waals surface area contributed by atoms with Crippen molar-refractivity contribution in [3.8, 4) is 22.9 Å². The summed E-state index contributed by atoms with van der Waals surface area (Å²) in [6.45, 7) is 3.93. The third-order valence-electron chi connectivity index (χ3n) is 3.86. The molecule has 0 unspecified atom stereocenters. The smallest absolute Gasteiger partial charge is 0.342 e. The molecule has 154 valence electrons. The summed E-state index contributed by atoms with van der Waals surface area (Å²) in [6.07, 6.45) is 3.13. The zero-order valence-electron chi connectivity index (χ0n) is 16.0.